The van der Waals surface area contributed by atoms with Crippen molar-refractivity contribution < 1.29 is 9.90 Å². The average molecular weight is 232 g/mol. The molecule has 2 nitrogen and oxygen atoms in total. The molecular formula is C15H20O2. The van der Waals surface area contributed by atoms with Crippen LogP contribution in [0.15, 0.2) is 42.0 Å². The topological polar surface area (TPSA) is 37.3 Å². The van der Waals surface area contributed by atoms with Crippen LogP contribution in [-0.4, -0.2) is 11.1 Å². The van der Waals surface area contributed by atoms with Gasteiger partial charge < -0.3 is 5.11 Å². The minimum Gasteiger partial charge on any atom is -0.478 e. The van der Waals surface area contributed by atoms with Crippen molar-refractivity contribution in [2.45, 2.75) is 39.0 Å². The van der Waals surface area contributed by atoms with Gasteiger partial charge in [-0.25, -0.2) is 4.79 Å². The van der Waals surface area contributed by atoms with E-state index in [2.05, 4.69) is 24.3 Å². The summed E-state index contributed by atoms with van der Waals surface area (Å²) in [6, 6.07) is 10.5. The number of unbranched alkanes of at least 4 members (excludes halogenated alkanes) is 3. The summed E-state index contributed by atoms with van der Waals surface area (Å²) in [4.78, 5) is 10.5. The highest BCUT2D eigenvalue weighted by molar-refractivity contribution is 5.85. The van der Waals surface area contributed by atoms with Gasteiger partial charge in [-0.15, -0.1) is 0 Å². The highest BCUT2D eigenvalue weighted by Gasteiger charge is 1.98. The molecular weight excluding hydrogens is 212 g/mol. The van der Waals surface area contributed by atoms with E-state index in [0.717, 1.165) is 25.7 Å². The van der Waals surface area contributed by atoms with Crippen LogP contribution in [-0.2, 0) is 11.2 Å². The van der Waals surface area contributed by atoms with Crippen LogP contribution in [0, 0.1) is 0 Å². The van der Waals surface area contributed by atoms with Crippen LogP contribution in [0.4, 0.5) is 0 Å². The molecule has 0 aliphatic carbocycles. The Hall–Kier alpha value is -1.57. The fraction of sp³-hybridized carbons (Fsp3) is 0.400. The van der Waals surface area contributed by atoms with Crippen LogP contribution in [0.5, 0.6) is 0 Å². The molecule has 0 saturated carbocycles. The van der Waals surface area contributed by atoms with E-state index in [1.54, 1.807) is 6.92 Å². The molecule has 1 N–H and O–H groups in total. The molecule has 17 heavy (non-hydrogen) atoms. The van der Waals surface area contributed by atoms with Gasteiger partial charge >= 0.3 is 5.97 Å². The molecule has 0 bridgehead atoms. The molecule has 0 atom stereocenters. The SMILES string of the molecule is CC(=CCCCCCc1ccccc1)C(=O)O. The summed E-state index contributed by atoms with van der Waals surface area (Å²) in [7, 11) is 0. The predicted molar refractivity (Wildman–Crippen MR) is 70.0 cm³/mol. The minimum atomic E-state index is -0.811. The highest BCUT2D eigenvalue weighted by Crippen LogP contribution is 2.08. The van der Waals surface area contributed by atoms with E-state index in [1.165, 1.54) is 12.0 Å². The monoisotopic (exact) mass is 232 g/mol. The zero-order chi connectivity index (χ0) is 12.5. The number of aliphatic carboxylic acids is 1. The molecule has 1 aromatic rings. The summed E-state index contributed by atoms with van der Waals surface area (Å²) in [6.07, 6.45) is 7.18. The zero-order valence-electron chi connectivity index (χ0n) is 10.4. The van der Waals surface area contributed by atoms with Crippen LogP contribution in [0.3, 0.4) is 0 Å². The molecule has 1 rings (SSSR count). The lowest BCUT2D eigenvalue weighted by Gasteiger charge is -2.00. The Morgan fingerprint density at radius 3 is 2.53 bits per heavy atom. The van der Waals surface area contributed by atoms with Crippen molar-refractivity contribution in [1.82, 2.24) is 0 Å². The smallest absolute Gasteiger partial charge is 0.330 e. The van der Waals surface area contributed by atoms with Crippen molar-refractivity contribution in [2.24, 2.45) is 0 Å². The maximum Gasteiger partial charge on any atom is 0.330 e. The maximum absolute atomic E-state index is 10.5. The number of benzene rings is 1. The molecule has 0 saturated heterocycles. The molecule has 0 heterocycles. The van der Waals surface area contributed by atoms with Crippen molar-refractivity contribution >= 4 is 5.97 Å². The first-order valence-electron chi connectivity index (χ1n) is 6.14. The fourth-order valence-corrected chi connectivity index (χ4v) is 1.70. The largest absolute Gasteiger partial charge is 0.478 e. The number of rotatable bonds is 7. The van der Waals surface area contributed by atoms with E-state index in [0.29, 0.717) is 5.57 Å². The second-order valence-electron chi connectivity index (χ2n) is 4.28. The van der Waals surface area contributed by atoms with E-state index >= 15 is 0 Å². The van der Waals surface area contributed by atoms with Gasteiger partial charge in [-0.3, -0.25) is 0 Å². The quantitative estimate of drug-likeness (QED) is 0.573. The van der Waals surface area contributed by atoms with E-state index in [9.17, 15) is 4.79 Å². The van der Waals surface area contributed by atoms with Gasteiger partial charge in [-0.05, 0) is 38.2 Å². The number of allylic oxidation sites excluding steroid dienone is 1. The van der Waals surface area contributed by atoms with Crippen molar-refractivity contribution in [2.75, 3.05) is 0 Å². The lowest BCUT2D eigenvalue weighted by atomic mass is 10.1. The molecule has 1 aromatic carbocycles. The Bertz CT molecular complexity index is 366. The number of aryl methyl sites for hydroxylation is 1. The normalized spacial score (nSPS) is 11.5. The lowest BCUT2D eigenvalue weighted by Crippen LogP contribution is -1.95. The zero-order valence-corrected chi connectivity index (χ0v) is 10.4. The van der Waals surface area contributed by atoms with Crippen molar-refractivity contribution in [3.05, 3.63) is 47.5 Å². The third kappa shape index (κ3) is 5.91. The molecule has 92 valence electrons. The number of hydrogen-bond acceptors (Lipinski definition) is 1. The van der Waals surface area contributed by atoms with Gasteiger partial charge in [0, 0.05) is 5.57 Å². The van der Waals surface area contributed by atoms with Gasteiger partial charge in [0.05, 0.1) is 0 Å². The van der Waals surface area contributed by atoms with Crippen LogP contribution >= 0.6 is 0 Å². The summed E-state index contributed by atoms with van der Waals surface area (Å²) in [5.74, 6) is -0.811. The molecule has 0 fully saturated rings. The summed E-state index contributed by atoms with van der Waals surface area (Å²) in [5.41, 5.74) is 1.83. The fourth-order valence-electron chi connectivity index (χ4n) is 1.70. The Morgan fingerprint density at radius 2 is 1.88 bits per heavy atom. The summed E-state index contributed by atoms with van der Waals surface area (Å²) in [6.45, 7) is 1.65. The van der Waals surface area contributed by atoms with Crippen LogP contribution in [0.2, 0.25) is 0 Å². The minimum absolute atomic E-state index is 0.452. The first kappa shape index (κ1) is 13.5. The van der Waals surface area contributed by atoms with E-state index in [-0.39, 0.29) is 0 Å². The molecule has 0 aromatic heterocycles. The van der Waals surface area contributed by atoms with Crippen molar-refractivity contribution in [3.8, 4) is 0 Å². The van der Waals surface area contributed by atoms with Crippen molar-refractivity contribution in [1.29, 1.82) is 0 Å². The molecule has 0 spiro atoms. The van der Waals surface area contributed by atoms with Gasteiger partial charge in [-0.2, -0.15) is 0 Å². The molecule has 0 amide bonds. The molecule has 0 aliphatic rings. The maximum atomic E-state index is 10.5. The summed E-state index contributed by atoms with van der Waals surface area (Å²) < 4.78 is 0. The van der Waals surface area contributed by atoms with Gasteiger partial charge in [0.25, 0.3) is 0 Å². The van der Waals surface area contributed by atoms with Gasteiger partial charge in [0.1, 0.15) is 0 Å². The number of hydrogen-bond donors (Lipinski definition) is 1. The second kappa shape index (κ2) is 7.66. The number of carboxylic acid groups (broad SMARTS) is 1. The predicted octanol–water partition coefficient (Wildman–Crippen LogP) is 3.82. The Balaban J connectivity index is 2.10. The molecule has 0 unspecified atom stereocenters. The summed E-state index contributed by atoms with van der Waals surface area (Å²) in [5, 5.41) is 8.67. The lowest BCUT2D eigenvalue weighted by molar-refractivity contribution is -0.132. The third-order valence-corrected chi connectivity index (χ3v) is 2.80. The number of carbonyl (C=O) groups is 1. The van der Waals surface area contributed by atoms with Gasteiger partial charge in [-0.1, -0.05) is 42.8 Å². The van der Waals surface area contributed by atoms with E-state index < -0.39 is 5.97 Å². The van der Waals surface area contributed by atoms with Gasteiger partial charge in [0.2, 0.25) is 0 Å². The number of carboxylic acids is 1. The van der Waals surface area contributed by atoms with Crippen LogP contribution in [0.1, 0.15) is 38.2 Å². The first-order valence-corrected chi connectivity index (χ1v) is 6.14. The standard InChI is InChI=1S/C15H20O2/c1-13(15(16)17)9-5-2-3-6-10-14-11-7-4-8-12-14/h4,7-9,11-12H,2-3,5-6,10H2,1H3,(H,16,17). The average Bonchev–Trinajstić information content (AvgIpc) is 2.34. The van der Waals surface area contributed by atoms with Crippen LogP contribution < -0.4 is 0 Å². The van der Waals surface area contributed by atoms with Gasteiger partial charge in [0.15, 0.2) is 0 Å². The Kier molecular flexibility index (Phi) is 6.08. The van der Waals surface area contributed by atoms with E-state index in [4.69, 9.17) is 5.11 Å². The molecule has 2 heteroatoms. The molecule has 0 aliphatic heterocycles. The Morgan fingerprint density at radius 1 is 1.18 bits per heavy atom. The van der Waals surface area contributed by atoms with E-state index in [1.807, 2.05) is 12.1 Å². The van der Waals surface area contributed by atoms with Crippen LogP contribution in [0.25, 0.3) is 0 Å². The highest BCUT2D eigenvalue weighted by atomic mass is 16.4. The van der Waals surface area contributed by atoms with Crippen molar-refractivity contribution in [3.63, 3.8) is 0 Å². The third-order valence-electron chi connectivity index (χ3n) is 2.80. The molecule has 0 radical (unpaired) electrons. The second-order valence-corrected chi connectivity index (χ2v) is 4.28. The first-order chi connectivity index (χ1) is 8.20. The Labute approximate surface area is 103 Å². The summed E-state index contributed by atoms with van der Waals surface area (Å²) >= 11 is 0.